The van der Waals surface area contributed by atoms with Gasteiger partial charge in [-0.05, 0) is 0 Å². The fourth-order valence-electron chi connectivity index (χ4n) is 16.3. The summed E-state index contributed by atoms with van der Waals surface area (Å²) in [7, 11) is -4.27. The van der Waals surface area contributed by atoms with Gasteiger partial charge in [-0.25, -0.2) is 0 Å². The summed E-state index contributed by atoms with van der Waals surface area (Å²) in [5.74, 6) is 0. The SMILES string of the molecule is ClC(Cl)=CC([PH](C1CCCCC1)(C1CCCCC1)C1CCCCC1)[PH](C1CCCCC1)(C1CCCCC1)C1CCCC(c2ccccc2)(c2ccccc2)C1.[Ru]. The van der Waals surface area contributed by atoms with Crippen LogP contribution in [0, 0.1) is 0 Å². The quantitative estimate of drug-likeness (QED) is 0.156. The summed E-state index contributed by atoms with van der Waals surface area (Å²) in [6.45, 7) is 0. The van der Waals surface area contributed by atoms with E-state index in [2.05, 4.69) is 66.7 Å². The van der Waals surface area contributed by atoms with Crippen molar-refractivity contribution in [3.05, 3.63) is 82.4 Å². The molecule has 0 saturated heterocycles. The standard InChI is InChI=1S/C51H78Cl2P2.Ru/c52-49(53)39-50(54(43-27-12-3-13-28-43,44-29-14-4-15-30-44)45-31-16-5-17-32-45)55(46-33-18-6-19-34-46,47-35-20-7-21-36-47)48-37-22-38-51(40-48,41-23-8-1-9-24-41)42-25-10-2-11-26-42;/h1-2,8-11,23-26,39,43-48,50,54-55H,3-7,12-22,27-38,40H2;. The van der Waals surface area contributed by atoms with E-state index in [1.807, 2.05) is 0 Å². The number of hydrogen-bond acceptors (Lipinski definition) is 0. The molecule has 0 aliphatic heterocycles. The molecule has 56 heavy (non-hydrogen) atoms. The van der Waals surface area contributed by atoms with Crippen molar-refractivity contribution in [2.24, 2.45) is 0 Å². The van der Waals surface area contributed by atoms with Crippen molar-refractivity contribution in [1.82, 2.24) is 0 Å². The summed E-state index contributed by atoms with van der Waals surface area (Å²) < 4.78 is 0.681. The van der Waals surface area contributed by atoms with Gasteiger partial charge in [0, 0.05) is 19.5 Å². The van der Waals surface area contributed by atoms with Crippen LogP contribution < -0.4 is 0 Å². The summed E-state index contributed by atoms with van der Waals surface area (Å²) in [5.41, 5.74) is 8.95. The molecule has 6 aliphatic rings. The summed E-state index contributed by atoms with van der Waals surface area (Å²) in [6.07, 6.45) is 45.7. The molecule has 5 heteroatoms. The zero-order valence-corrected chi connectivity index (χ0v) is 40.3. The average Bonchev–Trinajstić information content (AvgIpc) is 3.27. The monoisotopic (exact) mass is 924 g/mol. The predicted octanol–water partition coefficient (Wildman–Crippen LogP) is 16.7. The van der Waals surface area contributed by atoms with Crippen LogP contribution in [0.4, 0.5) is 0 Å². The van der Waals surface area contributed by atoms with Crippen molar-refractivity contribution in [3.8, 4) is 0 Å². The molecule has 2 aromatic carbocycles. The van der Waals surface area contributed by atoms with Crippen LogP contribution in [0.5, 0.6) is 0 Å². The zero-order valence-electron chi connectivity index (χ0n) is 35.0. The van der Waals surface area contributed by atoms with Crippen LogP contribution in [0.1, 0.15) is 197 Å². The molecule has 0 amide bonds. The minimum Gasteiger partial charge on any atom is 0 e. The average molecular weight is 925 g/mol. The largest absolute Gasteiger partial charge is 0 e. The van der Waals surface area contributed by atoms with E-state index in [9.17, 15) is 0 Å². The van der Waals surface area contributed by atoms with Crippen LogP contribution in [-0.2, 0) is 24.9 Å². The molecule has 0 nitrogen and oxygen atoms in total. The molecule has 6 fully saturated rings. The molecule has 0 bridgehead atoms. The third kappa shape index (κ3) is 8.79. The van der Waals surface area contributed by atoms with Crippen molar-refractivity contribution in [2.75, 3.05) is 0 Å². The molecule has 0 N–H and O–H groups in total. The Morgan fingerprint density at radius 3 is 1.07 bits per heavy atom. The molecular weight excluding hydrogens is 846 g/mol. The number of hydrogen-bond donors (Lipinski definition) is 0. The Labute approximate surface area is 368 Å². The van der Waals surface area contributed by atoms with Gasteiger partial charge in [0.1, 0.15) is 0 Å². The maximum atomic E-state index is 7.44. The fourth-order valence-corrected chi connectivity index (χ4v) is 41.1. The molecule has 6 aliphatic carbocycles. The second-order valence-corrected chi connectivity index (χ2v) is 31.9. The van der Waals surface area contributed by atoms with Crippen LogP contribution in [-0.4, -0.2) is 39.4 Å². The summed E-state index contributed by atoms with van der Waals surface area (Å²) in [5, 5.41) is 0.748. The van der Waals surface area contributed by atoms with Gasteiger partial charge in [0.25, 0.3) is 0 Å². The Kier molecular flexibility index (Phi) is 16.5. The summed E-state index contributed by atoms with van der Waals surface area (Å²) in [4.78, 5) is 0. The Morgan fingerprint density at radius 2 is 0.750 bits per heavy atom. The van der Waals surface area contributed by atoms with Gasteiger partial charge in [-0.2, -0.15) is 0 Å². The van der Waals surface area contributed by atoms with Gasteiger partial charge in [0.15, 0.2) is 0 Å². The molecule has 0 spiro atoms. The Hall–Kier alpha value is 0.243. The van der Waals surface area contributed by atoms with Gasteiger partial charge in [0.05, 0.1) is 0 Å². The predicted molar refractivity (Wildman–Crippen MR) is 250 cm³/mol. The van der Waals surface area contributed by atoms with Gasteiger partial charge in [-0.1, -0.05) is 0 Å². The third-order valence-electron chi connectivity index (χ3n) is 18.0. The maximum absolute atomic E-state index is 7.44. The number of benzene rings is 2. The molecule has 0 heterocycles. The molecule has 0 aromatic heterocycles. The molecule has 2 unspecified atom stereocenters. The van der Waals surface area contributed by atoms with E-state index < -0.39 is 14.5 Å². The van der Waals surface area contributed by atoms with Crippen molar-refractivity contribution in [2.45, 2.75) is 231 Å². The molecule has 2 aromatic rings. The smallest absolute Gasteiger partial charge is 0 e. The first-order valence-electron chi connectivity index (χ1n) is 24.2. The Bertz CT molecular complexity index is 1380. The normalized spacial score (nSPS) is 26.8. The molecule has 314 valence electrons. The maximum Gasteiger partial charge on any atom is 0 e. The van der Waals surface area contributed by atoms with Crippen LogP contribution in [0.15, 0.2) is 71.2 Å². The van der Waals surface area contributed by atoms with E-state index in [1.165, 1.54) is 186 Å². The first-order chi connectivity index (χ1) is 27.1. The first-order valence-corrected chi connectivity index (χ1v) is 29.6. The van der Waals surface area contributed by atoms with E-state index in [1.54, 1.807) is 11.1 Å². The molecule has 2 atom stereocenters. The van der Waals surface area contributed by atoms with E-state index in [-0.39, 0.29) is 24.9 Å². The van der Waals surface area contributed by atoms with Gasteiger partial charge < -0.3 is 0 Å². The van der Waals surface area contributed by atoms with Gasteiger partial charge in [-0.3, -0.25) is 0 Å². The second-order valence-electron chi connectivity index (χ2n) is 20.2. The molecular formula is C51H78Cl2P2Ru. The van der Waals surface area contributed by atoms with Crippen molar-refractivity contribution < 1.29 is 19.5 Å². The van der Waals surface area contributed by atoms with Crippen LogP contribution in [0.2, 0.25) is 0 Å². The number of halogens is 2. The van der Waals surface area contributed by atoms with Gasteiger partial charge in [0.2, 0.25) is 0 Å². The first kappa shape index (κ1) is 44.3. The second kappa shape index (κ2) is 20.9. The van der Waals surface area contributed by atoms with Crippen LogP contribution in [0.25, 0.3) is 0 Å². The van der Waals surface area contributed by atoms with Crippen molar-refractivity contribution >= 4 is 37.7 Å². The third-order valence-corrected chi connectivity index (χ3v) is 35.6. The number of allylic oxidation sites excluding steroid dienone is 1. The minimum absolute atomic E-state index is 0. The minimum atomic E-state index is -2.21. The Morgan fingerprint density at radius 1 is 0.446 bits per heavy atom. The molecule has 8 rings (SSSR count). The van der Waals surface area contributed by atoms with Crippen molar-refractivity contribution in [3.63, 3.8) is 0 Å². The molecule has 6 saturated carbocycles. The fraction of sp³-hybridized carbons (Fsp3) is 0.725. The Balaban J connectivity index is 0.00000480. The van der Waals surface area contributed by atoms with Crippen LogP contribution >= 0.6 is 37.7 Å². The van der Waals surface area contributed by atoms with Gasteiger partial charge in [-0.15, -0.1) is 0 Å². The summed E-state index contributed by atoms with van der Waals surface area (Å²) in [6, 6.07) is 24.0. The van der Waals surface area contributed by atoms with Crippen LogP contribution in [0.3, 0.4) is 0 Å². The van der Waals surface area contributed by atoms with E-state index in [0.717, 1.165) is 39.4 Å². The zero-order chi connectivity index (χ0) is 37.6. The summed E-state index contributed by atoms with van der Waals surface area (Å²) >= 11 is 14.9. The van der Waals surface area contributed by atoms with Gasteiger partial charge >= 0.3 is 351 Å². The van der Waals surface area contributed by atoms with E-state index in [4.69, 9.17) is 23.2 Å². The van der Waals surface area contributed by atoms with Crippen molar-refractivity contribution in [1.29, 1.82) is 0 Å². The van der Waals surface area contributed by atoms with E-state index in [0.29, 0.717) is 4.49 Å². The molecule has 0 radical (unpaired) electrons. The van der Waals surface area contributed by atoms with E-state index >= 15 is 0 Å². The topological polar surface area (TPSA) is 0 Å². The number of rotatable bonds is 11.